The Labute approximate surface area is 91.3 Å². The van der Waals surface area contributed by atoms with E-state index in [0.29, 0.717) is 10.7 Å². The molecule has 74 valence electrons. The van der Waals surface area contributed by atoms with Crippen molar-refractivity contribution in [1.82, 2.24) is 0 Å². The number of hydrogen-bond acceptors (Lipinski definition) is 1. The molecule has 1 rings (SSSR count). The van der Waals surface area contributed by atoms with Crippen LogP contribution in [0.2, 0.25) is 24.7 Å². The molecule has 0 bridgehead atoms. The minimum atomic E-state index is -1.34. The van der Waals surface area contributed by atoms with Gasteiger partial charge in [-0.05, 0) is 12.1 Å². The van der Waals surface area contributed by atoms with E-state index in [4.69, 9.17) is 17.3 Å². The minimum Gasteiger partial charge on any atom is -0.397 e. The van der Waals surface area contributed by atoms with E-state index in [-0.39, 0.29) is 0 Å². The first kappa shape index (κ1) is 11.2. The number of nitrogens with two attached hydrogens (primary N) is 1. The number of hydrogen-bond donors (Lipinski definition) is 1. The number of nitrogen functional groups attached to an aromatic ring is 1. The van der Waals surface area contributed by atoms with Gasteiger partial charge in [0.05, 0.1) is 10.7 Å². The Morgan fingerprint density at radius 2 is 1.93 bits per heavy atom. The first-order valence-electron chi connectivity index (χ1n) is 4.47. The molecule has 0 spiro atoms. The summed E-state index contributed by atoms with van der Waals surface area (Å²) in [6.45, 7) is 6.59. The Bertz CT molecular complexity index is 396. The second kappa shape index (κ2) is 4.08. The van der Waals surface area contributed by atoms with Gasteiger partial charge >= 0.3 is 0 Å². The number of rotatable bonds is 0. The highest BCUT2D eigenvalue weighted by Crippen LogP contribution is 2.21. The van der Waals surface area contributed by atoms with Gasteiger partial charge in [-0.25, -0.2) is 0 Å². The van der Waals surface area contributed by atoms with Gasteiger partial charge in [0.15, 0.2) is 0 Å². The Balaban J connectivity index is 3.08. The molecule has 0 saturated carbocycles. The Morgan fingerprint density at radius 1 is 1.29 bits per heavy atom. The summed E-state index contributed by atoms with van der Waals surface area (Å²) in [5, 5.41) is 0.576. The van der Waals surface area contributed by atoms with Gasteiger partial charge in [-0.15, -0.1) is 5.54 Å². The molecule has 14 heavy (non-hydrogen) atoms. The lowest BCUT2D eigenvalue weighted by Crippen LogP contribution is -2.16. The first-order chi connectivity index (χ1) is 6.40. The number of para-hydroxylation sites is 1. The predicted octanol–water partition coefficient (Wildman–Crippen LogP) is 3.15. The zero-order valence-electron chi connectivity index (χ0n) is 8.69. The van der Waals surface area contributed by atoms with Crippen LogP contribution in [0.1, 0.15) is 5.56 Å². The minimum absolute atomic E-state index is 0.576. The molecule has 1 aromatic rings. The molecular weight excluding hydrogens is 210 g/mol. The van der Waals surface area contributed by atoms with Crippen LogP contribution in [0.5, 0.6) is 0 Å². The molecule has 0 aromatic heterocycles. The Morgan fingerprint density at radius 3 is 2.50 bits per heavy atom. The van der Waals surface area contributed by atoms with Gasteiger partial charge in [0.25, 0.3) is 0 Å². The zero-order valence-corrected chi connectivity index (χ0v) is 10.4. The van der Waals surface area contributed by atoms with Crippen molar-refractivity contribution in [3.63, 3.8) is 0 Å². The standard InChI is InChI=1S/C11H14ClNSi/c1-14(2,3)8-7-9-5-4-6-10(12)11(9)13/h4-6H,13H2,1-3H3. The third kappa shape index (κ3) is 3.10. The van der Waals surface area contributed by atoms with Gasteiger partial charge in [0.2, 0.25) is 0 Å². The first-order valence-corrected chi connectivity index (χ1v) is 8.35. The van der Waals surface area contributed by atoms with Crippen molar-refractivity contribution in [2.75, 3.05) is 5.73 Å². The topological polar surface area (TPSA) is 26.0 Å². The highest BCUT2D eigenvalue weighted by atomic mass is 35.5. The molecule has 0 aliphatic heterocycles. The summed E-state index contributed by atoms with van der Waals surface area (Å²) in [5.74, 6) is 3.10. The summed E-state index contributed by atoms with van der Waals surface area (Å²) in [5.41, 5.74) is 10.5. The van der Waals surface area contributed by atoms with Gasteiger partial charge in [-0.1, -0.05) is 43.2 Å². The van der Waals surface area contributed by atoms with E-state index in [0.717, 1.165) is 5.56 Å². The second-order valence-electron chi connectivity index (χ2n) is 4.20. The number of anilines is 1. The quantitative estimate of drug-likeness (QED) is 0.408. The van der Waals surface area contributed by atoms with Crippen molar-refractivity contribution >= 4 is 25.4 Å². The lowest BCUT2D eigenvalue weighted by atomic mass is 10.2. The molecule has 0 aliphatic rings. The summed E-state index contributed by atoms with van der Waals surface area (Å²) < 4.78 is 0. The van der Waals surface area contributed by atoms with Crippen molar-refractivity contribution in [3.05, 3.63) is 28.8 Å². The molecule has 0 saturated heterocycles. The smallest absolute Gasteiger partial charge is 0.129 e. The molecule has 1 aromatic carbocycles. The zero-order chi connectivity index (χ0) is 10.8. The molecule has 1 nitrogen and oxygen atoms in total. The molecule has 0 amide bonds. The van der Waals surface area contributed by atoms with Crippen molar-refractivity contribution in [3.8, 4) is 11.5 Å². The lowest BCUT2D eigenvalue weighted by molar-refractivity contribution is 1.63. The van der Waals surface area contributed by atoms with Crippen LogP contribution in [-0.2, 0) is 0 Å². The van der Waals surface area contributed by atoms with Crippen LogP contribution in [0.4, 0.5) is 5.69 Å². The predicted molar refractivity (Wildman–Crippen MR) is 66.1 cm³/mol. The van der Waals surface area contributed by atoms with Crippen LogP contribution in [0.25, 0.3) is 0 Å². The monoisotopic (exact) mass is 223 g/mol. The molecule has 0 radical (unpaired) electrons. The maximum atomic E-state index is 5.88. The fourth-order valence-corrected chi connectivity index (χ4v) is 1.59. The lowest BCUT2D eigenvalue weighted by Gasteiger charge is -2.04. The van der Waals surface area contributed by atoms with Crippen LogP contribution < -0.4 is 5.73 Å². The number of halogens is 1. The average Bonchev–Trinajstić information content (AvgIpc) is 2.06. The molecular formula is C11H14ClNSi. The molecule has 0 heterocycles. The van der Waals surface area contributed by atoms with E-state index in [9.17, 15) is 0 Å². The highest BCUT2D eigenvalue weighted by molar-refractivity contribution is 6.83. The van der Waals surface area contributed by atoms with Gasteiger partial charge < -0.3 is 5.73 Å². The second-order valence-corrected chi connectivity index (χ2v) is 9.36. The molecule has 2 N–H and O–H groups in total. The van der Waals surface area contributed by atoms with Gasteiger partial charge in [-0.3, -0.25) is 0 Å². The molecule has 0 aliphatic carbocycles. The Hall–Kier alpha value is -0.913. The van der Waals surface area contributed by atoms with Gasteiger partial charge in [-0.2, -0.15) is 0 Å². The molecule has 0 unspecified atom stereocenters. The normalized spacial score (nSPS) is 10.6. The van der Waals surface area contributed by atoms with Crippen molar-refractivity contribution in [1.29, 1.82) is 0 Å². The van der Waals surface area contributed by atoms with Gasteiger partial charge in [0.1, 0.15) is 8.07 Å². The highest BCUT2D eigenvalue weighted by Gasteiger charge is 2.08. The van der Waals surface area contributed by atoms with Crippen molar-refractivity contribution in [2.24, 2.45) is 0 Å². The fourth-order valence-electron chi connectivity index (χ4n) is 0.901. The summed E-state index contributed by atoms with van der Waals surface area (Å²) in [4.78, 5) is 0. The fraction of sp³-hybridized carbons (Fsp3) is 0.273. The third-order valence-electron chi connectivity index (χ3n) is 1.63. The number of benzene rings is 1. The SMILES string of the molecule is C[Si](C)(C)C#Cc1cccc(Cl)c1N. The van der Waals surface area contributed by atoms with Crippen LogP contribution in [0.15, 0.2) is 18.2 Å². The van der Waals surface area contributed by atoms with E-state index in [1.54, 1.807) is 6.07 Å². The summed E-state index contributed by atoms with van der Waals surface area (Å²) >= 11 is 5.88. The maximum Gasteiger partial charge on any atom is 0.129 e. The van der Waals surface area contributed by atoms with E-state index in [2.05, 4.69) is 31.1 Å². The van der Waals surface area contributed by atoms with Crippen molar-refractivity contribution < 1.29 is 0 Å². The largest absolute Gasteiger partial charge is 0.397 e. The maximum absolute atomic E-state index is 5.88. The molecule has 3 heteroatoms. The summed E-state index contributed by atoms with van der Waals surface area (Å²) in [6.07, 6.45) is 0. The Kier molecular flexibility index (Phi) is 3.25. The van der Waals surface area contributed by atoms with Crippen LogP contribution in [0.3, 0.4) is 0 Å². The van der Waals surface area contributed by atoms with E-state index in [1.165, 1.54) is 0 Å². The van der Waals surface area contributed by atoms with Crippen LogP contribution >= 0.6 is 11.6 Å². The third-order valence-corrected chi connectivity index (χ3v) is 2.83. The average molecular weight is 224 g/mol. The summed E-state index contributed by atoms with van der Waals surface area (Å²) in [6, 6.07) is 5.54. The van der Waals surface area contributed by atoms with E-state index in [1.807, 2.05) is 12.1 Å². The molecule has 0 fully saturated rings. The van der Waals surface area contributed by atoms with Crippen molar-refractivity contribution in [2.45, 2.75) is 19.6 Å². The van der Waals surface area contributed by atoms with E-state index < -0.39 is 8.07 Å². The van der Waals surface area contributed by atoms with Crippen LogP contribution in [0, 0.1) is 11.5 Å². The van der Waals surface area contributed by atoms with Gasteiger partial charge in [0, 0.05) is 5.56 Å². The molecule has 0 atom stereocenters. The van der Waals surface area contributed by atoms with Crippen LogP contribution in [-0.4, -0.2) is 8.07 Å². The van der Waals surface area contributed by atoms with E-state index >= 15 is 0 Å². The summed E-state index contributed by atoms with van der Waals surface area (Å²) in [7, 11) is -1.34.